The maximum absolute atomic E-state index is 10.2. The first-order valence-electron chi connectivity index (χ1n) is 4.94. The largest absolute Gasteiger partial charge is 0.387 e. The summed E-state index contributed by atoms with van der Waals surface area (Å²) < 4.78 is 0. The first kappa shape index (κ1) is 9.22. The average molecular weight is 196 g/mol. The number of aliphatic hydroxyl groups is 1. The Hall–Kier alpha value is -0.340. The molecule has 13 heavy (non-hydrogen) atoms. The van der Waals surface area contributed by atoms with Gasteiger partial charge in [0.1, 0.15) is 0 Å². The van der Waals surface area contributed by atoms with Crippen LogP contribution in [0.3, 0.4) is 0 Å². The van der Waals surface area contributed by atoms with E-state index in [0.29, 0.717) is 0 Å². The Morgan fingerprint density at radius 3 is 2.69 bits per heavy atom. The highest BCUT2D eigenvalue weighted by Gasteiger charge is 2.37. The van der Waals surface area contributed by atoms with Crippen molar-refractivity contribution in [2.45, 2.75) is 38.7 Å². The molecule has 0 aliphatic heterocycles. The lowest BCUT2D eigenvalue weighted by Crippen LogP contribution is -2.20. The van der Waals surface area contributed by atoms with E-state index in [1.54, 1.807) is 11.3 Å². The van der Waals surface area contributed by atoms with Crippen molar-refractivity contribution < 1.29 is 5.11 Å². The molecule has 0 radical (unpaired) electrons. The van der Waals surface area contributed by atoms with Crippen molar-refractivity contribution in [1.29, 1.82) is 0 Å². The van der Waals surface area contributed by atoms with Gasteiger partial charge in [-0.3, -0.25) is 0 Å². The van der Waals surface area contributed by atoms with Crippen LogP contribution in [-0.4, -0.2) is 5.11 Å². The Labute approximate surface area is 83.4 Å². The molecule has 1 heterocycles. The molecule has 0 saturated heterocycles. The van der Waals surface area contributed by atoms with Crippen LogP contribution in [0.2, 0.25) is 0 Å². The second-order valence-electron chi connectivity index (χ2n) is 4.28. The molecule has 1 aromatic rings. The highest BCUT2D eigenvalue weighted by atomic mass is 32.1. The molecule has 1 fully saturated rings. The molecule has 0 spiro atoms. The van der Waals surface area contributed by atoms with Crippen molar-refractivity contribution in [3.63, 3.8) is 0 Å². The topological polar surface area (TPSA) is 20.2 Å². The van der Waals surface area contributed by atoms with Crippen LogP contribution in [0.5, 0.6) is 0 Å². The highest BCUT2D eigenvalue weighted by Crippen LogP contribution is 2.47. The molecule has 0 aromatic carbocycles. The zero-order chi connectivity index (χ0) is 9.31. The van der Waals surface area contributed by atoms with Gasteiger partial charge in [-0.2, -0.15) is 0 Å². The second kappa shape index (κ2) is 3.43. The van der Waals surface area contributed by atoms with Gasteiger partial charge >= 0.3 is 0 Å². The molecule has 1 aliphatic carbocycles. The van der Waals surface area contributed by atoms with Gasteiger partial charge < -0.3 is 5.11 Å². The smallest absolute Gasteiger partial charge is 0.0935 e. The number of aliphatic hydroxyl groups excluding tert-OH is 1. The molecular weight excluding hydrogens is 180 g/mol. The monoisotopic (exact) mass is 196 g/mol. The van der Waals surface area contributed by atoms with E-state index in [-0.39, 0.29) is 11.5 Å². The summed E-state index contributed by atoms with van der Waals surface area (Å²) >= 11 is 1.67. The second-order valence-corrected chi connectivity index (χ2v) is 5.26. The van der Waals surface area contributed by atoms with Crippen LogP contribution in [0.4, 0.5) is 0 Å². The molecule has 1 N–H and O–H groups in total. The van der Waals surface area contributed by atoms with Crippen LogP contribution < -0.4 is 0 Å². The Balaban J connectivity index is 2.16. The van der Waals surface area contributed by atoms with E-state index in [1.807, 2.05) is 17.5 Å². The number of rotatable bonds is 2. The van der Waals surface area contributed by atoms with E-state index < -0.39 is 0 Å². The summed E-state index contributed by atoms with van der Waals surface area (Å²) in [5.74, 6) is 0. The van der Waals surface area contributed by atoms with E-state index in [0.717, 1.165) is 4.88 Å². The van der Waals surface area contributed by atoms with Gasteiger partial charge in [0.25, 0.3) is 0 Å². The van der Waals surface area contributed by atoms with Gasteiger partial charge in [0.05, 0.1) is 6.10 Å². The van der Waals surface area contributed by atoms with E-state index in [9.17, 15) is 5.11 Å². The summed E-state index contributed by atoms with van der Waals surface area (Å²) in [7, 11) is 0. The van der Waals surface area contributed by atoms with Crippen molar-refractivity contribution in [3.8, 4) is 0 Å². The number of thiophene rings is 1. The van der Waals surface area contributed by atoms with Crippen LogP contribution >= 0.6 is 11.3 Å². The minimum absolute atomic E-state index is 0.144. The van der Waals surface area contributed by atoms with Crippen LogP contribution in [-0.2, 0) is 0 Å². The molecule has 1 atom stereocenters. The molecule has 1 nitrogen and oxygen atoms in total. The molecule has 2 rings (SSSR count). The summed E-state index contributed by atoms with van der Waals surface area (Å²) in [5, 5.41) is 12.2. The maximum atomic E-state index is 10.2. The van der Waals surface area contributed by atoms with E-state index in [1.165, 1.54) is 25.7 Å². The Bertz CT molecular complexity index is 260. The molecule has 1 aliphatic rings. The fourth-order valence-corrected chi connectivity index (χ4v) is 3.13. The third-order valence-corrected chi connectivity index (χ3v) is 4.14. The lowest BCUT2D eigenvalue weighted by molar-refractivity contribution is 0.0437. The minimum atomic E-state index is -0.241. The molecule has 1 unspecified atom stereocenters. The normalized spacial score (nSPS) is 23.2. The molecule has 2 heteroatoms. The van der Waals surface area contributed by atoms with Gasteiger partial charge in [-0.15, -0.1) is 11.3 Å². The van der Waals surface area contributed by atoms with Crippen LogP contribution in [0.1, 0.15) is 43.6 Å². The summed E-state index contributed by atoms with van der Waals surface area (Å²) in [4.78, 5) is 1.13. The summed E-state index contributed by atoms with van der Waals surface area (Å²) in [6.45, 7) is 2.21. The molecule has 0 amide bonds. The Morgan fingerprint density at radius 2 is 2.15 bits per heavy atom. The summed E-state index contributed by atoms with van der Waals surface area (Å²) in [5.41, 5.74) is 0.144. The molecule has 72 valence electrons. The van der Waals surface area contributed by atoms with Crippen molar-refractivity contribution in [2.24, 2.45) is 5.41 Å². The fourth-order valence-electron chi connectivity index (χ4n) is 2.25. The van der Waals surface area contributed by atoms with Gasteiger partial charge in [0.2, 0.25) is 0 Å². The first-order valence-corrected chi connectivity index (χ1v) is 5.82. The number of hydrogen-bond donors (Lipinski definition) is 1. The molecule has 1 aromatic heterocycles. The van der Waals surface area contributed by atoms with Crippen LogP contribution in [0.25, 0.3) is 0 Å². The zero-order valence-corrected chi connectivity index (χ0v) is 8.81. The van der Waals surface area contributed by atoms with Crippen molar-refractivity contribution in [3.05, 3.63) is 22.4 Å². The average Bonchev–Trinajstić information content (AvgIpc) is 2.73. The fraction of sp³-hybridized carbons (Fsp3) is 0.636. The van der Waals surface area contributed by atoms with Crippen LogP contribution in [0.15, 0.2) is 17.5 Å². The highest BCUT2D eigenvalue weighted by molar-refractivity contribution is 7.10. The Morgan fingerprint density at radius 1 is 1.46 bits per heavy atom. The van der Waals surface area contributed by atoms with E-state index >= 15 is 0 Å². The van der Waals surface area contributed by atoms with Crippen molar-refractivity contribution in [1.82, 2.24) is 0 Å². The predicted molar refractivity (Wildman–Crippen MR) is 55.9 cm³/mol. The predicted octanol–water partition coefficient (Wildman–Crippen LogP) is 3.36. The molecule has 0 bridgehead atoms. The molecule has 1 saturated carbocycles. The van der Waals surface area contributed by atoms with Gasteiger partial charge in [-0.1, -0.05) is 25.8 Å². The maximum Gasteiger partial charge on any atom is 0.0935 e. The van der Waals surface area contributed by atoms with E-state index in [4.69, 9.17) is 0 Å². The lowest BCUT2D eigenvalue weighted by atomic mass is 9.82. The van der Waals surface area contributed by atoms with Crippen LogP contribution in [0, 0.1) is 5.41 Å². The lowest BCUT2D eigenvalue weighted by Gasteiger charge is -2.29. The SMILES string of the molecule is CC1(C(O)c2cccs2)CCCC1. The van der Waals surface area contributed by atoms with Crippen molar-refractivity contribution in [2.75, 3.05) is 0 Å². The number of hydrogen-bond acceptors (Lipinski definition) is 2. The first-order chi connectivity index (χ1) is 6.22. The standard InChI is InChI=1S/C11H16OS/c1-11(6-2-3-7-11)10(12)9-5-4-8-13-9/h4-5,8,10,12H,2-3,6-7H2,1H3. The zero-order valence-electron chi connectivity index (χ0n) is 7.99. The van der Waals surface area contributed by atoms with Gasteiger partial charge in [0.15, 0.2) is 0 Å². The third-order valence-electron chi connectivity index (χ3n) is 3.22. The van der Waals surface area contributed by atoms with Gasteiger partial charge in [-0.25, -0.2) is 0 Å². The minimum Gasteiger partial charge on any atom is -0.387 e. The quantitative estimate of drug-likeness (QED) is 0.769. The van der Waals surface area contributed by atoms with Crippen molar-refractivity contribution >= 4 is 11.3 Å². The Kier molecular flexibility index (Phi) is 2.43. The van der Waals surface area contributed by atoms with E-state index in [2.05, 4.69) is 6.92 Å². The summed E-state index contributed by atoms with van der Waals surface area (Å²) in [6, 6.07) is 4.06. The molecular formula is C11H16OS. The third kappa shape index (κ3) is 1.65. The van der Waals surface area contributed by atoms with Gasteiger partial charge in [-0.05, 0) is 29.7 Å². The van der Waals surface area contributed by atoms with Gasteiger partial charge in [0, 0.05) is 4.88 Å². The summed E-state index contributed by atoms with van der Waals surface area (Å²) in [6.07, 6.45) is 4.66.